The Balaban J connectivity index is 2.30. The number of carbonyl (C=O) groups excluding carboxylic acids is 1. The average Bonchev–Trinajstić information content (AvgIpc) is 2.77. The lowest BCUT2D eigenvalue weighted by Gasteiger charge is -2.13. The molecule has 4 nitrogen and oxygen atoms in total. The van der Waals surface area contributed by atoms with Crippen LogP contribution >= 0.6 is 15.9 Å². The van der Waals surface area contributed by atoms with Gasteiger partial charge in [-0.05, 0) is 28.9 Å². The van der Waals surface area contributed by atoms with Crippen molar-refractivity contribution in [3.63, 3.8) is 0 Å². The second-order valence-corrected chi connectivity index (χ2v) is 4.85. The molecule has 1 aromatic heterocycles. The van der Waals surface area contributed by atoms with Gasteiger partial charge >= 0.3 is 0 Å². The monoisotopic (exact) mass is 333 g/mol. The highest BCUT2D eigenvalue weighted by Crippen LogP contribution is 2.25. The molecule has 0 fully saturated rings. The third-order valence-corrected chi connectivity index (χ3v) is 3.41. The van der Waals surface area contributed by atoms with Crippen LogP contribution in [0.25, 0.3) is 5.69 Å². The summed E-state index contributed by atoms with van der Waals surface area (Å²) in [6.07, 6.45) is 1.60. The third kappa shape index (κ3) is 1.91. The lowest BCUT2D eigenvalue weighted by Crippen LogP contribution is -2.25. The van der Waals surface area contributed by atoms with E-state index in [1.165, 1.54) is 17.0 Å². The summed E-state index contributed by atoms with van der Waals surface area (Å²) in [7, 11) is 1.67. The fourth-order valence-corrected chi connectivity index (χ4v) is 2.46. The second-order valence-electron chi connectivity index (χ2n) is 4.45. The molecule has 1 amide bonds. The highest BCUT2D eigenvalue weighted by molar-refractivity contribution is 9.12. The molecule has 100 valence electrons. The number of halogens is 2. The van der Waals surface area contributed by atoms with Gasteiger partial charge in [0.2, 0.25) is 0 Å². The normalized spacial score (nSPS) is 13.2. The fourth-order valence-electron chi connectivity index (χ4n) is 2.27. The summed E-state index contributed by atoms with van der Waals surface area (Å²) < 4.78 is 15.2. The van der Waals surface area contributed by atoms with Gasteiger partial charge in [0.05, 0.1) is 23.5 Å². The Morgan fingerprint density at radius 2 is 2.25 bits per heavy atom. The van der Waals surface area contributed by atoms with Gasteiger partial charge in [-0.15, -0.1) is 0 Å². The molecule has 0 unspecified atom stereocenters. The van der Waals surface area contributed by atoms with Crippen molar-refractivity contribution in [1.82, 2.24) is 14.5 Å². The molecule has 6 heteroatoms. The minimum atomic E-state index is -0.436. The molecule has 0 N–H and O–H groups in total. The van der Waals surface area contributed by atoms with Gasteiger partial charge in [-0.1, -0.05) is 0 Å². The Kier molecular flexibility index (Phi) is 3.07. The summed E-state index contributed by atoms with van der Waals surface area (Å²) >= 11 is 3.05. The molecular weight excluding hydrogens is 325 g/mol. The number of hydrogen-bond acceptors (Lipinski definition) is 2. The largest absolute Gasteiger partial charge is 0.336 e. The van der Waals surface area contributed by atoms with Crippen molar-refractivity contribution >= 4 is 21.8 Å². The Morgan fingerprint density at radius 3 is 3.00 bits per heavy atom. The maximum atomic E-state index is 13.4. The summed E-state index contributed by atoms with van der Waals surface area (Å²) in [6, 6.07) is 4.16. The zero-order valence-electron chi connectivity index (χ0n) is 10.5. The van der Waals surface area contributed by atoms with E-state index in [0.717, 1.165) is 5.69 Å². The summed E-state index contributed by atoms with van der Waals surface area (Å²) in [4.78, 5) is 20.7. The van der Waals surface area contributed by atoms with E-state index in [1.807, 2.05) is 0 Å². The standard InChI is InChI=1S/C14H9BrFN3O/c1-18-7-13-11(4-5-15)17-8-19(13)12-3-2-9(16)6-10(12)14(18)20/h2-3,6,8H,7H2,1H3. The van der Waals surface area contributed by atoms with Crippen molar-refractivity contribution in [3.8, 4) is 16.4 Å². The molecule has 2 aromatic rings. The fraction of sp³-hybridized carbons (Fsp3) is 0.143. The summed E-state index contributed by atoms with van der Waals surface area (Å²) in [5.41, 5.74) is 2.34. The van der Waals surface area contributed by atoms with Crippen LogP contribution in [0.4, 0.5) is 4.39 Å². The maximum absolute atomic E-state index is 13.4. The smallest absolute Gasteiger partial charge is 0.256 e. The summed E-state index contributed by atoms with van der Waals surface area (Å²) in [5.74, 6) is 2.19. The molecule has 0 radical (unpaired) electrons. The van der Waals surface area contributed by atoms with Crippen molar-refractivity contribution in [1.29, 1.82) is 0 Å². The first kappa shape index (κ1) is 12.9. The SMILES string of the molecule is CN1Cc2c(C#CBr)ncn2-c2ccc(F)cc2C1=O. The molecule has 1 aliphatic heterocycles. The first-order valence-electron chi connectivity index (χ1n) is 5.85. The number of rotatable bonds is 0. The minimum Gasteiger partial charge on any atom is -0.336 e. The van der Waals surface area contributed by atoms with E-state index in [9.17, 15) is 9.18 Å². The number of carbonyl (C=O) groups is 1. The molecule has 1 aromatic carbocycles. The van der Waals surface area contributed by atoms with Crippen molar-refractivity contribution in [2.75, 3.05) is 7.05 Å². The van der Waals surface area contributed by atoms with Gasteiger partial charge in [0, 0.05) is 23.0 Å². The first-order chi connectivity index (χ1) is 9.61. The molecule has 0 atom stereocenters. The van der Waals surface area contributed by atoms with Crippen LogP contribution in [0.1, 0.15) is 21.7 Å². The van der Waals surface area contributed by atoms with Gasteiger partial charge in [-0.2, -0.15) is 0 Å². The van der Waals surface area contributed by atoms with Gasteiger partial charge in [-0.25, -0.2) is 9.37 Å². The van der Waals surface area contributed by atoms with Crippen LogP contribution in [0.3, 0.4) is 0 Å². The number of imidazole rings is 1. The van der Waals surface area contributed by atoms with E-state index in [1.54, 1.807) is 24.0 Å². The number of aromatic nitrogens is 2. The third-order valence-electron chi connectivity index (χ3n) is 3.21. The predicted octanol–water partition coefficient (Wildman–Crippen LogP) is 2.30. The van der Waals surface area contributed by atoms with E-state index in [4.69, 9.17) is 0 Å². The summed E-state index contributed by atoms with van der Waals surface area (Å²) in [6.45, 7) is 0.367. The van der Waals surface area contributed by atoms with Gasteiger partial charge < -0.3 is 4.90 Å². The van der Waals surface area contributed by atoms with Crippen LogP contribution < -0.4 is 0 Å². The molecule has 0 saturated heterocycles. The molecule has 1 aliphatic rings. The van der Waals surface area contributed by atoms with Crippen LogP contribution in [0.15, 0.2) is 24.5 Å². The van der Waals surface area contributed by atoms with Gasteiger partial charge in [0.15, 0.2) is 0 Å². The number of fused-ring (bicyclic) bond motifs is 3. The zero-order valence-corrected chi connectivity index (χ0v) is 12.1. The lowest BCUT2D eigenvalue weighted by atomic mass is 10.1. The van der Waals surface area contributed by atoms with Gasteiger partial charge in [-0.3, -0.25) is 9.36 Å². The molecule has 0 aliphatic carbocycles. The quantitative estimate of drug-likeness (QED) is 0.694. The van der Waals surface area contributed by atoms with E-state index in [-0.39, 0.29) is 5.91 Å². The van der Waals surface area contributed by atoms with Crippen LogP contribution in [0.5, 0.6) is 0 Å². The second kappa shape index (κ2) is 4.76. The number of hydrogen-bond donors (Lipinski definition) is 0. The number of benzene rings is 1. The van der Waals surface area contributed by atoms with Crippen LogP contribution in [0, 0.1) is 16.6 Å². The van der Waals surface area contributed by atoms with Crippen molar-refractivity contribution < 1.29 is 9.18 Å². The van der Waals surface area contributed by atoms with Crippen LogP contribution in [0.2, 0.25) is 0 Å². The Bertz CT molecular complexity index is 772. The minimum absolute atomic E-state index is 0.221. The van der Waals surface area contributed by atoms with E-state index < -0.39 is 5.82 Å². The molecule has 3 rings (SSSR count). The Hall–Kier alpha value is -2.13. The van der Waals surface area contributed by atoms with Crippen molar-refractivity contribution in [2.24, 2.45) is 0 Å². The summed E-state index contributed by atoms with van der Waals surface area (Å²) in [5, 5.41) is 0. The molecule has 20 heavy (non-hydrogen) atoms. The van der Waals surface area contributed by atoms with Crippen molar-refractivity contribution in [2.45, 2.75) is 6.54 Å². The maximum Gasteiger partial charge on any atom is 0.256 e. The molecule has 2 heterocycles. The highest BCUT2D eigenvalue weighted by atomic mass is 79.9. The Labute approximate surface area is 123 Å². The molecule has 0 saturated carbocycles. The van der Waals surface area contributed by atoms with Crippen molar-refractivity contribution in [3.05, 3.63) is 47.3 Å². The predicted molar refractivity (Wildman–Crippen MR) is 75.1 cm³/mol. The lowest BCUT2D eigenvalue weighted by molar-refractivity contribution is 0.0787. The van der Waals surface area contributed by atoms with Crippen LogP contribution in [-0.4, -0.2) is 27.4 Å². The zero-order chi connectivity index (χ0) is 14.3. The average molecular weight is 334 g/mol. The molecular formula is C14H9BrFN3O. The van der Waals surface area contributed by atoms with E-state index >= 15 is 0 Å². The molecule has 0 bridgehead atoms. The first-order valence-corrected chi connectivity index (χ1v) is 6.64. The topological polar surface area (TPSA) is 38.1 Å². The van der Waals surface area contributed by atoms with Gasteiger partial charge in [0.1, 0.15) is 17.8 Å². The highest BCUT2D eigenvalue weighted by Gasteiger charge is 2.26. The molecule has 0 spiro atoms. The Morgan fingerprint density at radius 1 is 1.45 bits per heavy atom. The van der Waals surface area contributed by atoms with E-state index in [0.29, 0.717) is 23.5 Å². The van der Waals surface area contributed by atoms with Crippen LogP contribution in [-0.2, 0) is 6.54 Å². The number of nitrogens with zero attached hydrogens (tertiary/aromatic N) is 3. The van der Waals surface area contributed by atoms with Gasteiger partial charge in [0.25, 0.3) is 5.91 Å². The van der Waals surface area contributed by atoms with E-state index in [2.05, 4.69) is 31.7 Å². The number of amides is 1.